The van der Waals surface area contributed by atoms with Gasteiger partial charge in [-0.25, -0.2) is 4.98 Å². The zero-order valence-electron chi connectivity index (χ0n) is 14.8. The Morgan fingerprint density at radius 1 is 1.15 bits per heavy atom. The van der Waals surface area contributed by atoms with E-state index >= 15 is 0 Å². The number of para-hydroxylation sites is 1. The first-order chi connectivity index (χ1) is 13.1. The second-order valence-electron chi connectivity index (χ2n) is 6.36. The molecule has 2 heterocycles. The van der Waals surface area contributed by atoms with Crippen LogP contribution < -0.4 is 10.3 Å². The molecule has 2 aromatic carbocycles. The quantitative estimate of drug-likeness (QED) is 0.572. The Morgan fingerprint density at radius 3 is 2.59 bits per heavy atom. The number of fused-ring (bicyclic) bond motifs is 1. The predicted octanol–water partition coefficient (Wildman–Crippen LogP) is 3.14. The summed E-state index contributed by atoms with van der Waals surface area (Å²) in [5.74, 6) is 0.678. The van der Waals surface area contributed by atoms with Gasteiger partial charge in [0.25, 0.3) is 5.56 Å². The monoisotopic (exact) mass is 361 g/mol. The van der Waals surface area contributed by atoms with Crippen molar-refractivity contribution in [2.45, 2.75) is 13.0 Å². The van der Waals surface area contributed by atoms with E-state index in [0.717, 1.165) is 16.8 Å². The van der Waals surface area contributed by atoms with Crippen molar-refractivity contribution in [1.82, 2.24) is 14.5 Å². The van der Waals surface area contributed by atoms with Gasteiger partial charge < -0.3 is 19.4 Å². The van der Waals surface area contributed by atoms with E-state index in [4.69, 9.17) is 4.74 Å². The van der Waals surface area contributed by atoms with E-state index in [-0.39, 0.29) is 12.2 Å². The van der Waals surface area contributed by atoms with Crippen molar-refractivity contribution >= 4 is 11.0 Å². The minimum absolute atomic E-state index is 0.188. The van der Waals surface area contributed by atoms with Gasteiger partial charge in [-0.3, -0.25) is 4.79 Å². The van der Waals surface area contributed by atoms with E-state index in [0.29, 0.717) is 16.8 Å². The van der Waals surface area contributed by atoms with Gasteiger partial charge in [-0.15, -0.1) is 0 Å². The lowest BCUT2D eigenvalue weighted by atomic mass is 10.1. The molecule has 0 spiro atoms. The normalized spacial score (nSPS) is 12.2. The van der Waals surface area contributed by atoms with Crippen molar-refractivity contribution in [2.75, 3.05) is 6.61 Å². The third-order valence-electron chi connectivity index (χ3n) is 4.27. The number of aromatic nitrogens is 3. The van der Waals surface area contributed by atoms with Crippen molar-refractivity contribution in [3.8, 4) is 22.6 Å². The molecule has 0 fully saturated rings. The standard InChI is InChI=1S/C21H19N3O3/c1-14(25)12-27-17-9-7-15(8-10-17)18-11-24(16-5-3-2-4-6-16)20-19(18)22-13-23-21(20)26/h2-11,13-14,25H,12H2,1H3,(H,22,23,26)/t14-/m1/s1. The largest absolute Gasteiger partial charge is 0.491 e. The van der Waals surface area contributed by atoms with Gasteiger partial charge in [-0.05, 0) is 36.8 Å². The summed E-state index contributed by atoms with van der Waals surface area (Å²) in [5.41, 5.74) is 3.64. The zero-order valence-corrected chi connectivity index (χ0v) is 14.8. The van der Waals surface area contributed by atoms with E-state index in [2.05, 4.69) is 9.97 Å². The van der Waals surface area contributed by atoms with Crippen LogP contribution in [0.25, 0.3) is 27.8 Å². The van der Waals surface area contributed by atoms with Crippen LogP contribution in [0.4, 0.5) is 0 Å². The number of benzene rings is 2. The summed E-state index contributed by atoms with van der Waals surface area (Å²) in [4.78, 5) is 19.5. The molecule has 6 nitrogen and oxygen atoms in total. The van der Waals surface area contributed by atoms with Crippen LogP contribution in [0.2, 0.25) is 0 Å². The molecule has 0 amide bonds. The molecule has 2 aromatic heterocycles. The molecule has 0 saturated carbocycles. The number of aromatic amines is 1. The van der Waals surface area contributed by atoms with E-state index in [9.17, 15) is 9.90 Å². The molecule has 0 bridgehead atoms. The Kier molecular flexibility index (Phi) is 4.48. The highest BCUT2D eigenvalue weighted by Crippen LogP contribution is 2.30. The lowest BCUT2D eigenvalue weighted by Crippen LogP contribution is -2.12. The molecular weight excluding hydrogens is 342 g/mol. The lowest BCUT2D eigenvalue weighted by Gasteiger charge is -2.08. The number of ether oxygens (including phenoxy) is 1. The summed E-state index contributed by atoms with van der Waals surface area (Å²) < 4.78 is 7.37. The molecule has 0 radical (unpaired) electrons. The first-order valence-corrected chi connectivity index (χ1v) is 8.69. The molecule has 0 unspecified atom stereocenters. The highest BCUT2D eigenvalue weighted by Gasteiger charge is 2.15. The molecule has 136 valence electrons. The molecular formula is C21H19N3O3. The molecule has 27 heavy (non-hydrogen) atoms. The number of H-pyrrole nitrogens is 1. The fourth-order valence-corrected chi connectivity index (χ4v) is 3.02. The van der Waals surface area contributed by atoms with Crippen LogP contribution in [0.5, 0.6) is 5.75 Å². The summed E-state index contributed by atoms with van der Waals surface area (Å²) in [6.07, 6.45) is 2.82. The van der Waals surface area contributed by atoms with Crippen molar-refractivity contribution in [1.29, 1.82) is 0 Å². The number of aliphatic hydroxyl groups is 1. The van der Waals surface area contributed by atoms with Crippen LogP contribution in [-0.4, -0.2) is 32.4 Å². The molecule has 1 atom stereocenters. The number of rotatable bonds is 5. The maximum absolute atomic E-state index is 12.5. The Balaban J connectivity index is 1.81. The second-order valence-corrected chi connectivity index (χ2v) is 6.36. The minimum Gasteiger partial charge on any atom is -0.491 e. The van der Waals surface area contributed by atoms with Crippen LogP contribution in [0.1, 0.15) is 6.92 Å². The first kappa shape index (κ1) is 17.1. The van der Waals surface area contributed by atoms with Crippen molar-refractivity contribution in [3.05, 3.63) is 77.5 Å². The van der Waals surface area contributed by atoms with Gasteiger partial charge in [-0.2, -0.15) is 0 Å². The van der Waals surface area contributed by atoms with Crippen LogP contribution >= 0.6 is 0 Å². The molecule has 0 aliphatic rings. The van der Waals surface area contributed by atoms with Crippen molar-refractivity contribution in [3.63, 3.8) is 0 Å². The summed E-state index contributed by atoms with van der Waals surface area (Å²) in [7, 11) is 0. The molecule has 2 N–H and O–H groups in total. The fourth-order valence-electron chi connectivity index (χ4n) is 3.02. The van der Waals surface area contributed by atoms with Gasteiger partial charge in [0, 0.05) is 17.4 Å². The third kappa shape index (κ3) is 3.35. The molecule has 0 saturated heterocycles. The van der Waals surface area contributed by atoms with Crippen LogP contribution in [0.3, 0.4) is 0 Å². The minimum atomic E-state index is -0.524. The van der Waals surface area contributed by atoms with E-state index in [1.54, 1.807) is 6.92 Å². The van der Waals surface area contributed by atoms with Crippen LogP contribution in [0, 0.1) is 0 Å². The van der Waals surface area contributed by atoms with Gasteiger partial charge in [0.1, 0.15) is 23.4 Å². The number of hydrogen-bond acceptors (Lipinski definition) is 4. The highest BCUT2D eigenvalue weighted by molar-refractivity contribution is 5.93. The molecule has 4 rings (SSSR count). The predicted molar refractivity (Wildman–Crippen MR) is 104 cm³/mol. The van der Waals surface area contributed by atoms with Crippen molar-refractivity contribution < 1.29 is 9.84 Å². The van der Waals surface area contributed by atoms with Crippen LogP contribution in [0.15, 0.2) is 71.9 Å². The van der Waals surface area contributed by atoms with Crippen LogP contribution in [-0.2, 0) is 0 Å². The third-order valence-corrected chi connectivity index (χ3v) is 4.27. The van der Waals surface area contributed by atoms with E-state index in [1.807, 2.05) is 65.4 Å². The van der Waals surface area contributed by atoms with Gasteiger partial charge in [-0.1, -0.05) is 30.3 Å². The lowest BCUT2D eigenvalue weighted by molar-refractivity contribution is 0.123. The molecule has 0 aliphatic carbocycles. The Morgan fingerprint density at radius 2 is 1.89 bits per heavy atom. The maximum atomic E-state index is 12.5. The molecule has 4 aromatic rings. The Bertz CT molecular complexity index is 1110. The van der Waals surface area contributed by atoms with Gasteiger partial charge in [0.2, 0.25) is 0 Å². The smallest absolute Gasteiger partial charge is 0.275 e. The summed E-state index contributed by atoms with van der Waals surface area (Å²) >= 11 is 0. The second kappa shape index (κ2) is 7.09. The SMILES string of the molecule is C[C@@H](O)COc1ccc(-c2cn(-c3ccccc3)c3c(=O)[nH]cnc23)cc1. The summed E-state index contributed by atoms with van der Waals surface area (Å²) in [5, 5.41) is 9.33. The Hall–Kier alpha value is -3.38. The molecule has 0 aliphatic heterocycles. The topological polar surface area (TPSA) is 80.1 Å². The highest BCUT2D eigenvalue weighted by atomic mass is 16.5. The van der Waals surface area contributed by atoms with Gasteiger partial charge >= 0.3 is 0 Å². The molecule has 6 heteroatoms. The zero-order chi connectivity index (χ0) is 18.8. The number of nitrogens with one attached hydrogen (secondary N) is 1. The van der Waals surface area contributed by atoms with Gasteiger partial charge in [0.15, 0.2) is 0 Å². The average molecular weight is 361 g/mol. The number of aliphatic hydroxyl groups excluding tert-OH is 1. The van der Waals surface area contributed by atoms with Gasteiger partial charge in [0.05, 0.1) is 12.4 Å². The van der Waals surface area contributed by atoms with E-state index in [1.165, 1.54) is 6.33 Å². The maximum Gasteiger partial charge on any atom is 0.275 e. The summed E-state index contributed by atoms with van der Waals surface area (Å²) in [6, 6.07) is 17.2. The number of nitrogens with zero attached hydrogens (tertiary/aromatic N) is 2. The fraction of sp³-hybridized carbons (Fsp3) is 0.143. The first-order valence-electron chi connectivity index (χ1n) is 8.69. The van der Waals surface area contributed by atoms with Crippen molar-refractivity contribution in [2.24, 2.45) is 0 Å². The Labute approximate surface area is 155 Å². The average Bonchev–Trinajstić information content (AvgIpc) is 3.08. The summed E-state index contributed by atoms with van der Waals surface area (Å²) in [6.45, 7) is 1.92. The van der Waals surface area contributed by atoms with E-state index < -0.39 is 6.10 Å². The number of hydrogen-bond donors (Lipinski definition) is 2.